The second-order valence-corrected chi connectivity index (χ2v) is 5.51. The molecule has 14 heavy (non-hydrogen) atoms. The average molecular weight is 214 g/mol. The first-order chi connectivity index (χ1) is 6.64. The van der Waals surface area contributed by atoms with Crippen LogP contribution in [0.1, 0.15) is 46.5 Å². The molecule has 0 spiro atoms. The number of hydrogen-bond donors (Lipinski definition) is 1. The van der Waals surface area contributed by atoms with Gasteiger partial charge in [0.1, 0.15) is 0 Å². The van der Waals surface area contributed by atoms with Crippen LogP contribution in [-0.2, 0) is 0 Å². The van der Waals surface area contributed by atoms with Gasteiger partial charge in [0.25, 0.3) is 0 Å². The van der Waals surface area contributed by atoms with E-state index in [0.717, 1.165) is 17.5 Å². The zero-order valence-corrected chi connectivity index (χ0v) is 10.4. The standard InChI is InChI=1S/C11H22N2S/c1-4-5-6-7-8-12-10-13-11(2,3)9-14-10/h4-9H2,1-3H3,(H,12,13). The summed E-state index contributed by atoms with van der Waals surface area (Å²) in [4.78, 5) is 4.56. The molecule has 1 rings (SSSR count). The Kier molecular flexibility index (Phi) is 4.79. The Morgan fingerprint density at radius 1 is 1.36 bits per heavy atom. The molecule has 0 aromatic heterocycles. The molecular weight excluding hydrogens is 192 g/mol. The third-order valence-corrected chi connectivity index (χ3v) is 3.65. The molecule has 1 aliphatic rings. The molecule has 1 aliphatic heterocycles. The van der Waals surface area contributed by atoms with E-state index in [2.05, 4.69) is 31.1 Å². The van der Waals surface area contributed by atoms with Crippen molar-refractivity contribution in [3.8, 4) is 0 Å². The van der Waals surface area contributed by atoms with Crippen molar-refractivity contribution in [2.75, 3.05) is 12.3 Å². The van der Waals surface area contributed by atoms with Crippen LogP contribution < -0.4 is 5.32 Å². The first-order valence-corrected chi connectivity index (χ1v) is 6.58. The highest BCUT2D eigenvalue weighted by molar-refractivity contribution is 8.14. The van der Waals surface area contributed by atoms with E-state index < -0.39 is 0 Å². The summed E-state index contributed by atoms with van der Waals surface area (Å²) in [5, 5.41) is 4.58. The van der Waals surface area contributed by atoms with Crippen molar-refractivity contribution in [3.05, 3.63) is 0 Å². The SMILES string of the molecule is CCCCCCN=C1NC(C)(C)CS1. The molecule has 1 saturated heterocycles. The van der Waals surface area contributed by atoms with Crippen molar-refractivity contribution in [2.45, 2.75) is 52.0 Å². The summed E-state index contributed by atoms with van der Waals surface area (Å²) >= 11 is 1.85. The van der Waals surface area contributed by atoms with E-state index in [-0.39, 0.29) is 5.54 Å². The van der Waals surface area contributed by atoms with Gasteiger partial charge >= 0.3 is 0 Å². The number of hydrogen-bond acceptors (Lipinski definition) is 2. The van der Waals surface area contributed by atoms with Crippen LogP contribution in [0.15, 0.2) is 4.99 Å². The summed E-state index contributed by atoms with van der Waals surface area (Å²) < 4.78 is 0. The number of aliphatic imine (C=N–C) groups is 1. The molecule has 0 saturated carbocycles. The molecule has 0 bridgehead atoms. The third-order valence-electron chi connectivity index (χ3n) is 2.28. The first-order valence-electron chi connectivity index (χ1n) is 5.59. The van der Waals surface area contributed by atoms with E-state index in [0.29, 0.717) is 0 Å². The molecule has 0 aromatic rings. The molecule has 0 aliphatic carbocycles. The van der Waals surface area contributed by atoms with Crippen LogP contribution in [0.25, 0.3) is 0 Å². The minimum Gasteiger partial charge on any atom is -0.359 e. The summed E-state index contributed by atoms with van der Waals surface area (Å²) in [5.74, 6) is 1.14. The molecular formula is C11H22N2S. The van der Waals surface area contributed by atoms with E-state index in [1.54, 1.807) is 0 Å². The first kappa shape index (κ1) is 11.9. The van der Waals surface area contributed by atoms with Gasteiger partial charge in [0.15, 0.2) is 5.17 Å². The van der Waals surface area contributed by atoms with Crippen LogP contribution in [0.4, 0.5) is 0 Å². The minimum atomic E-state index is 0.243. The normalized spacial score (nSPS) is 22.6. The zero-order valence-electron chi connectivity index (χ0n) is 9.60. The maximum Gasteiger partial charge on any atom is 0.157 e. The lowest BCUT2D eigenvalue weighted by Crippen LogP contribution is -2.36. The molecule has 82 valence electrons. The molecule has 1 heterocycles. The molecule has 3 heteroatoms. The van der Waals surface area contributed by atoms with E-state index in [4.69, 9.17) is 0 Å². The fourth-order valence-electron chi connectivity index (χ4n) is 1.41. The van der Waals surface area contributed by atoms with E-state index in [9.17, 15) is 0 Å². The van der Waals surface area contributed by atoms with Gasteiger partial charge in [-0.3, -0.25) is 4.99 Å². The molecule has 0 atom stereocenters. The Labute approximate surface area is 92.0 Å². The Balaban J connectivity index is 2.13. The molecule has 0 aromatic carbocycles. The molecule has 1 fully saturated rings. The van der Waals surface area contributed by atoms with Gasteiger partial charge in [0, 0.05) is 17.8 Å². The van der Waals surface area contributed by atoms with Crippen LogP contribution in [0.3, 0.4) is 0 Å². The van der Waals surface area contributed by atoms with Gasteiger partial charge in [-0.2, -0.15) is 0 Å². The second-order valence-electron chi connectivity index (χ2n) is 4.55. The predicted molar refractivity (Wildman–Crippen MR) is 66.1 cm³/mol. The van der Waals surface area contributed by atoms with Crippen molar-refractivity contribution in [1.29, 1.82) is 0 Å². The number of nitrogens with zero attached hydrogens (tertiary/aromatic N) is 1. The number of unbranched alkanes of at least 4 members (excludes halogenated alkanes) is 3. The summed E-state index contributed by atoms with van der Waals surface area (Å²) in [6.45, 7) is 7.67. The highest BCUT2D eigenvalue weighted by Gasteiger charge is 2.26. The fourth-order valence-corrected chi connectivity index (χ4v) is 2.52. The van der Waals surface area contributed by atoms with E-state index >= 15 is 0 Å². The maximum atomic E-state index is 4.56. The Morgan fingerprint density at radius 3 is 2.71 bits per heavy atom. The van der Waals surface area contributed by atoms with E-state index in [1.807, 2.05) is 11.8 Å². The smallest absolute Gasteiger partial charge is 0.157 e. The van der Waals surface area contributed by atoms with E-state index in [1.165, 1.54) is 25.7 Å². The minimum absolute atomic E-state index is 0.243. The van der Waals surface area contributed by atoms with Gasteiger partial charge in [-0.1, -0.05) is 37.9 Å². The Hall–Kier alpha value is -0.180. The third kappa shape index (κ3) is 4.36. The summed E-state index contributed by atoms with van der Waals surface area (Å²) in [5.41, 5.74) is 0.243. The Bertz CT molecular complexity index is 199. The Morgan fingerprint density at radius 2 is 2.14 bits per heavy atom. The summed E-state index contributed by atoms with van der Waals surface area (Å²) in [6.07, 6.45) is 5.20. The van der Waals surface area contributed by atoms with Gasteiger partial charge in [-0.15, -0.1) is 0 Å². The highest BCUT2D eigenvalue weighted by Crippen LogP contribution is 2.21. The molecule has 2 nitrogen and oxygen atoms in total. The van der Waals surface area contributed by atoms with Crippen molar-refractivity contribution in [1.82, 2.24) is 5.32 Å². The van der Waals surface area contributed by atoms with Crippen molar-refractivity contribution in [2.24, 2.45) is 4.99 Å². The van der Waals surface area contributed by atoms with Crippen LogP contribution in [0.2, 0.25) is 0 Å². The quantitative estimate of drug-likeness (QED) is 0.711. The van der Waals surface area contributed by atoms with Crippen LogP contribution in [-0.4, -0.2) is 23.0 Å². The van der Waals surface area contributed by atoms with Crippen LogP contribution in [0, 0.1) is 0 Å². The lowest BCUT2D eigenvalue weighted by Gasteiger charge is -2.15. The monoisotopic (exact) mass is 214 g/mol. The molecule has 1 N–H and O–H groups in total. The van der Waals surface area contributed by atoms with Crippen molar-refractivity contribution < 1.29 is 0 Å². The average Bonchev–Trinajstić information content (AvgIpc) is 2.45. The second kappa shape index (κ2) is 5.64. The maximum absolute atomic E-state index is 4.56. The summed E-state index contributed by atoms with van der Waals surface area (Å²) in [6, 6.07) is 0. The number of rotatable bonds is 5. The highest BCUT2D eigenvalue weighted by atomic mass is 32.2. The topological polar surface area (TPSA) is 24.4 Å². The summed E-state index contributed by atoms with van der Waals surface area (Å²) in [7, 11) is 0. The van der Waals surface area contributed by atoms with Gasteiger partial charge in [0.05, 0.1) is 0 Å². The van der Waals surface area contributed by atoms with Gasteiger partial charge in [-0.25, -0.2) is 0 Å². The fraction of sp³-hybridized carbons (Fsp3) is 0.909. The molecule has 0 amide bonds. The van der Waals surface area contributed by atoms with Crippen molar-refractivity contribution >= 4 is 16.9 Å². The lowest BCUT2D eigenvalue weighted by atomic mass is 10.1. The molecule has 0 radical (unpaired) electrons. The number of amidine groups is 1. The lowest BCUT2D eigenvalue weighted by molar-refractivity contribution is 0.536. The van der Waals surface area contributed by atoms with Gasteiger partial charge in [-0.05, 0) is 20.3 Å². The number of thioether (sulfide) groups is 1. The predicted octanol–water partition coefficient (Wildman–Crippen LogP) is 3.04. The number of nitrogens with one attached hydrogen (secondary N) is 1. The zero-order chi connectivity index (χ0) is 10.4. The van der Waals surface area contributed by atoms with Gasteiger partial charge < -0.3 is 5.32 Å². The van der Waals surface area contributed by atoms with Crippen LogP contribution in [0.5, 0.6) is 0 Å². The van der Waals surface area contributed by atoms with Gasteiger partial charge in [0.2, 0.25) is 0 Å². The van der Waals surface area contributed by atoms with Crippen LogP contribution >= 0.6 is 11.8 Å². The largest absolute Gasteiger partial charge is 0.359 e. The van der Waals surface area contributed by atoms with Crippen molar-refractivity contribution in [3.63, 3.8) is 0 Å². The molecule has 0 unspecified atom stereocenters.